The molecule has 0 radical (unpaired) electrons. The number of pyridine rings is 1. The molecule has 0 fully saturated rings. The summed E-state index contributed by atoms with van der Waals surface area (Å²) in [6.07, 6.45) is 0. The second kappa shape index (κ2) is 10.1. The Hall–Kier alpha value is -4.96. The van der Waals surface area contributed by atoms with Crippen LogP contribution in [-0.2, 0) is 13.6 Å². The molecule has 3 heterocycles. The number of primary amides is 1. The third kappa shape index (κ3) is 4.73. The van der Waals surface area contributed by atoms with Crippen molar-refractivity contribution in [3.8, 4) is 22.4 Å². The van der Waals surface area contributed by atoms with Crippen LogP contribution < -0.4 is 16.6 Å². The van der Waals surface area contributed by atoms with Crippen LogP contribution in [0.4, 0.5) is 5.69 Å². The van der Waals surface area contributed by atoms with Gasteiger partial charge in [-0.05, 0) is 55.3 Å². The van der Waals surface area contributed by atoms with Crippen molar-refractivity contribution in [3.63, 3.8) is 0 Å². The van der Waals surface area contributed by atoms with E-state index in [0.717, 1.165) is 22.2 Å². The number of rotatable bonds is 7. The number of aryl methyl sites for hydroxylation is 3. The molecule has 2 amide bonds. The number of aliphatic hydroxyl groups excluding tert-OH is 1. The molecule has 0 aliphatic carbocycles. The second-order valence-electron chi connectivity index (χ2n) is 9.26. The SMILES string of the molecule is Cc1cc2cc(-c3ccc(-c4c(C)on(C)c4=O)cc3)n(CCO)c2c(C(=O)Nc2cccc(C(N)=O)c2)n1. The number of carbonyl (C=O) groups excluding carboxylic acids is 2. The summed E-state index contributed by atoms with van der Waals surface area (Å²) in [4.78, 5) is 42.0. The fourth-order valence-corrected chi connectivity index (χ4v) is 4.84. The molecule has 0 atom stereocenters. The molecule has 10 nitrogen and oxygen atoms in total. The van der Waals surface area contributed by atoms with Gasteiger partial charge in [0, 0.05) is 41.6 Å². The number of fused-ring (bicyclic) bond motifs is 1. The molecule has 198 valence electrons. The number of hydrogen-bond donors (Lipinski definition) is 3. The van der Waals surface area contributed by atoms with E-state index < -0.39 is 11.8 Å². The van der Waals surface area contributed by atoms with Crippen LogP contribution >= 0.6 is 0 Å². The normalized spacial score (nSPS) is 11.2. The maximum absolute atomic E-state index is 13.4. The van der Waals surface area contributed by atoms with Crippen molar-refractivity contribution in [1.29, 1.82) is 0 Å². The molecule has 0 aliphatic heterocycles. The van der Waals surface area contributed by atoms with Gasteiger partial charge in [-0.25, -0.2) is 4.98 Å². The Morgan fingerprint density at radius 1 is 1.05 bits per heavy atom. The van der Waals surface area contributed by atoms with Crippen LogP contribution in [0, 0.1) is 13.8 Å². The van der Waals surface area contributed by atoms with Gasteiger partial charge >= 0.3 is 0 Å². The predicted octanol–water partition coefficient (Wildman–Crippen LogP) is 3.62. The topological polar surface area (TPSA) is 145 Å². The van der Waals surface area contributed by atoms with Gasteiger partial charge in [0.15, 0.2) is 5.69 Å². The average Bonchev–Trinajstić information content (AvgIpc) is 3.39. The largest absolute Gasteiger partial charge is 0.395 e. The Balaban J connectivity index is 1.59. The number of aromatic nitrogens is 3. The highest BCUT2D eigenvalue weighted by Gasteiger charge is 2.21. The zero-order valence-electron chi connectivity index (χ0n) is 21.7. The number of nitrogens with two attached hydrogens (primary N) is 1. The van der Waals surface area contributed by atoms with Gasteiger partial charge in [-0.15, -0.1) is 0 Å². The second-order valence-corrected chi connectivity index (χ2v) is 9.26. The van der Waals surface area contributed by atoms with Gasteiger partial charge in [0.05, 0.1) is 17.7 Å². The molecule has 0 saturated carbocycles. The number of nitrogens with zero attached hydrogens (tertiary/aromatic N) is 3. The number of anilines is 1. The lowest BCUT2D eigenvalue weighted by atomic mass is 10.0. The zero-order chi connectivity index (χ0) is 27.8. The van der Waals surface area contributed by atoms with Crippen LogP contribution in [0.5, 0.6) is 0 Å². The fourth-order valence-electron chi connectivity index (χ4n) is 4.84. The monoisotopic (exact) mass is 525 g/mol. The minimum absolute atomic E-state index is 0.158. The van der Waals surface area contributed by atoms with Gasteiger partial charge in [0.1, 0.15) is 5.76 Å². The predicted molar refractivity (Wildman–Crippen MR) is 148 cm³/mol. The summed E-state index contributed by atoms with van der Waals surface area (Å²) in [6, 6.07) is 17.6. The van der Waals surface area contributed by atoms with Crippen molar-refractivity contribution >= 4 is 28.4 Å². The first-order valence-corrected chi connectivity index (χ1v) is 12.3. The van der Waals surface area contributed by atoms with Crippen LogP contribution in [-0.4, -0.2) is 37.8 Å². The van der Waals surface area contributed by atoms with Crippen molar-refractivity contribution in [2.24, 2.45) is 12.8 Å². The smallest absolute Gasteiger partial charge is 0.290 e. The summed E-state index contributed by atoms with van der Waals surface area (Å²) in [5, 5.41) is 13.5. The molecule has 5 rings (SSSR count). The van der Waals surface area contributed by atoms with Crippen LogP contribution in [0.2, 0.25) is 0 Å². The Labute approximate surface area is 223 Å². The Morgan fingerprint density at radius 3 is 2.41 bits per heavy atom. The van der Waals surface area contributed by atoms with E-state index in [-0.39, 0.29) is 30.0 Å². The van der Waals surface area contributed by atoms with E-state index in [1.54, 1.807) is 39.1 Å². The zero-order valence-corrected chi connectivity index (χ0v) is 21.7. The van der Waals surface area contributed by atoms with Crippen LogP contribution in [0.15, 0.2) is 70.0 Å². The molecule has 0 unspecified atom stereocenters. The van der Waals surface area contributed by atoms with Gasteiger partial charge in [-0.2, -0.15) is 4.74 Å². The van der Waals surface area contributed by atoms with Crippen LogP contribution in [0.3, 0.4) is 0 Å². The lowest BCUT2D eigenvalue weighted by Gasteiger charge is -2.13. The summed E-state index contributed by atoms with van der Waals surface area (Å²) < 4.78 is 8.47. The van der Waals surface area contributed by atoms with Crippen molar-refractivity contribution in [2.45, 2.75) is 20.4 Å². The maximum atomic E-state index is 13.4. The first-order chi connectivity index (χ1) is 18.7. The fraction of sp³-hybridized carbons (Fsp3) is 0.172. The van der Waals surface area contributed by atoms with E-state index in [4.69, 9.17) is 10.3 Å². The first kappa shape index (κ1) is 25.7. The number of nitrogens with one attached hydrogen (secondary N) is 1. The first-order valence-electron chi connectivity index (χ1n) is 12.3. The molecular formula is C29H27N5O5. The van der Waals surface area contributed by atoms with E-state index in [1.807, 2.05) is 41.0 Å². The molecular weight excluding hydrogens is 498 g/mol. The van der Waals surface area contributed by atoms with Crippen molar-refractivity contribution < 1.29 is 19.2 Å². The Morgan fingerprint density at radius 2 is 1.77 bits per heavy atom. The van der Waals surface area contributed by atoms with E-state index in [9.17, 15) is 19.5 Å². The minimum Gasteiger partial charge on any atom is -0.395 e. The molecule has 0 bridgehead atoms. The van der Waals surface area contributed by atoms with Gasteiger partial charge in [-0.3, -0.25) is 14.4 Å². The highest BCUT2D eigenvalue weighted by atomic mass is 16.5. The van der Waals surface area contributed by atoms with E-state index >= 15 is 0 Å². The van der Waals surface area contributed by atoms with Gasteiger partial charge < -0.3 is 25.2 Å². The highest BCUT2D eigenvalue weighted by molar-refractivity contribution is 6.12. The van der Waals surface area contributed by atoms with Gasteiger partial charge in [0.25, 0.3) is 11.5 Å². The standard InChI is InChI=1S/C29H27N5O5/c1-16-13-21-15-23(18-7-9-19(10-8-18)24-17(2)39-33(3)29(24)38)34(11-12-35)26(21)25(31-16)28(37)32-22-6-4-5-20(14-22)27(30)36/h4-10,13-15,35H,11-12H2,1-3H3,(H2,30,36)(H,32,37). The lowest BCUT2D eigenvalue weighted by Crippen LogP contribution is -2.18. The average molecular weight is 526 g/mol. The molecule has 3 aromatic heterocycles. The quantitative estimate of drug-likeness (QED) is 0.296. The third-order valence-electron chi connectivity index (χ3n) is 6.54. The van der Waals surface area contributed by atoms with Crippen molar-refractivity contribution in [2.75, 3.05) is 11.9 Å². The minimum atomic E-state index is -0.599. The highest BCUT2D eigenvalue weighted by Crippen LogP contribution is 2.32. The number of benzene rings is 2. The molecule has 0 aliphatic rings. The summed E-state index contributed by atoms with van der Waals surface area (Å²) in [5.74, 6) is -0.531. The van der Waals surface area contributed by atoms with Crippen molar-refractivity contribution in [1.82, 2.24) is 14.3 Å². The molecule has 5 aromatic rings. The Bertz CT molecular complexity index is 1790. The summed E-state index contributed by atoms with van der Waals surface area (Å²) in [7, 11) is 1.57. The van der Waals surface area contributed by atoms with E-state index in [2.05, 4.69) is 10.3 Å². The van der Waals surface area contributed by atoms with E-state index in [1.165, 1.54) is 10.8 Å². The molecule has 4 N–H and O–H groups in total. The number of carbonyl (C=O) groups is 2. The van der Waals surface area contributed by atoms with Gasteiger partial charge in [0.2, 0.25) is 5.91 Å². The summed E-state index contributed by atoms with van der Waals surface area (Å²) >= 11 is 0. The number of amides is 2. The maximum Gasteiger partial charge on any atom is 0.290 e. The molecule has 0 saturated heterocycles. The molecule has 10 heteroatoms. The summed E-state index contributed by atoms with van der Waals surface area (Å²) in [6.45, 7) is 3.62. The van der Waals surface area contributed by atoms with E-state index in [0.29, 0.717) is 28.2 Å². The number of hydrogen-bond acceptors (Lipinski definition) is 6. The molecule has 2 aromatic carbocycles. The third-order valence-corrected chi connectivity index (χ3v) is 6.54. The molecule has 0 spiro atoms. The van der Waals surface area contributed by atoms with Crippen LogP contribution in [0.25, 0.3) is 33.3 Å². The van der Waals surface area contributed by atoms with Gasteiger partial charge in [-0.1, -0.05) is 30.3 Å². The molecule has 39 heavy (non-hydrogen) atoms. The lowest BCUT2D eigenvalue weighted by molar-refractivity contribution is 0.0995. The number of aliphatic hydroxyl groups is 1. The van der Waals surface area contributed by atoms with Crippen LogP contribution in [0.1, 0.15) is 32.3 Å². The summed E-state index contributed by atoms with van der Waals surface area (Å²) in [5.41, 5.74) is 10.1. The Kier molecular flexibility index (Phi) is 6.63. The van der Waals surface area contributed by atoms with Crippen molar-refractivity contribution in [3.05, 3.63) is 93.7 Å².